The number of hydrogen-bond acceptors (Lipinski definition) is 4. The zero-order valence-corrected chi connectivity index (χ0v) is 18.1. The van der Waals surface area contributed by atoms with Crippen molar-refractivity contribution in [1.82, 2.24) is 10.2 Å². The fourth-order valence-electron chi connectivity index (χ4n) is 4.10. The number of piperidine rings is 1. The number of β-amino-alcohol motifs (C(OH)–C–C–N with tert-alkyl or cyclic N) is 1. The maximum absolute atomic E-state index is 12.5. The predicted octanol–water partition coefficient (Wildman–Crippen LogP) is 3.80. The van der Waals surface area contributed by atoms with Gasteiger partial charge in [0.2, 0.25) is 5.91 Å². The highest BCUT2D eigenvalue weighted by Gasteiger charge is 2.27. The first-order valence-electron chi connectivity index (χ1n) is 11.5. The van der Waals surface area contributed by atoms with E-state index in [2.05, 4.69) is 17.1 Å². The van der Waals surface area contributed by atoms with Crippen molar-refractivity contribution in [3.8, 4) is 0 Å². The number of rotatable bonds is 13. The number of nitrogens with one attached hydrogen (secondary N) is 1. The van der Waals surface area contributed by atoms with E-state index in [0.29, 0.717) is 19.5 Å². The fourth-order valence-corrected chi connectivity index (χ4v) is 4.10. The van der Waals surface area contributed by atoms with Crippen LogP contribution in [0.5, 0.6) is 0 Å². The maximum Gasteiger partial charge on any atom is 0.220 e. The molecule has 2 rings (SSSR count). The van der Waals surface area contributed by atoms with E-state index in [0.717, 1.165) is 37.8 Å². The molecule has 5 nitrogen and oxygen atoms in total. The number of nitrogens with zero attached hydrogens (tertiary/aromatic N) is 1. The minimum Gasteiger partial charge on any atom is -0.392 e. The smallest absolute Gasteiger partial charge is 0.220 e. The number of benzene rings is 1. The summed E-state index contributed by atoms with van der Waals surface area (Å²) in [6.45, 7) is 4.26. The van der Waals surface area contributed by atoms with E-state index in [-0.39, 0.29) is 18.1 Å². The average Bonchev–Trinajstić information content (AvgIpc) is 2.73. The van der Waals surface area contributed by atoms with Crippen LogP contribution in [0.3, 0.4) is 0 Å². The minimum atomic E-state index is -0.756. The first-order chi connectivity index (χ1) is 14.1. The zero-order chi connectivity index (χ0) is 20.9. The normalized spacial score (nSPS) is 19.6. The first kappa shape index (κ1) is 23.8. The fraction of sp³-hybridized carbons (Fsp3) is 0.708. The van der Waals surface area contributed by atoms with Crippen molar-refractivity contribution in [2.24, 2.45) is 0 Å². The van der Waals surface area contributed by atoms with Gasteiger partial charge in [-0.15, -0.1) is 0 Å². The number of amides is 1. The second-order valence-electron chi connectivity index (χ2n) is 8.46. The molecular weight excluding hydrogens is 364 g/mol. The van der Waals surface area contributed by atoms with Crippen molar-refractivity contribution in [3.63, 3.8) is 0 Å². The topological polar surface area (TPSA) is 72.8 Å². The molecule has 164 valence electrons. The van der Waals surface area contributed by atoms with Crippen LogP contribution in [0, 0.1) is 0 Å². The van der Waals surface area contributed by atoms with Crippen molar-refractivity contribution < 1.29 is 15.0 Å². The molecule has 1 aliphatic rings. The lowest BCUT2D eigenvalue weighted by Crippen LogP contribution is -2.50. The van der Waals surface area contributed by atoms with Crippen molar-refractivity contribution in [1.29, 1.82) is 0 Å². The molecule has 0 spiro atoms. The molecule has 3 atom stereocenters. The Hall–Kier alpha value is -1.43. The highest BCUT2D eigenvalue weighted by atomic mass is 16.3. The quantitative estimate of drug-likeness (QED) is 0.437. The van der Waals surface area contributed by atoms with Crippen LogP contribution in [0.15, 0.2) is 30.3 Å². The molecule has 0 saturated carbocycles. The van der Waals surface area contributed by atoms with Crippen LogP contribution < -0.4 is 5.32 Å². The van der Waals surface area contributed by atoms with Gasteiger partial charge in [0.1, 0.15) is 6.10 Å². The summed E-state index contributed by atoms with van der Waals surface area (Å²) in [7, 11) is 0. The molecule has 0 bridgehead atoms. The summed E-state index contributed by atoms with van der Waals surface area (Å²) in [5.41, 5.74) is 0.811. The third kappa shape index (κ3) is 9.28. The van der Waals surface area contributed by atoms with Crippen molar-refractivity contribution in [2.75, 3.05) is 19.6 Å². The molecule has 1 fully saturated rings. The molecule has 3 N–H and O–H groups in total. The number of hydrogen-bond donors (Lipinski definition) is 3. The lowest BCUT2D eigenvalue weighted by Gasteiger charge is -2.35. The molecule has 5 heteroatoms. The Bertz CT molecular complexity index is 567. The summed E-state index contributed by atoms with van der Waals surface area (Å²) in [6.07, 6.45) is 9.47. The molecule has 0 radical (unpaired) electrons. The Morgan fingerprint density at radius 3 is 2.52 bits per heavy atom. The van der Waals surface area contributed by atoms with E-state index >= 15 is 0 Å². The van der Waals surface area contributed by atoms with Crippen LogP contribution in [0.4, 0.5) is 0 Å². The number of carbonyl (C=O) groups excluding carboxylic acids is 1. The Morgan fingerprint density at radius 1 is 1.14 bits per heavy atom. The number of aliphatic hydroxyl groups is 2. The lowest BCUT2D eigenvalue weighted by atomic mass is 9.99. The van der Waals surface area contributed by atoms with Gasteiger partial charge in [-0.2, -0.15) is 0 Å². The second-order valence-corrected chi connectivity index (χ2v) is 8.46. The van der Waals surface area contributed by atoms with E-state index in [1.165, 1.54) is 32.1 Å². The van der Waals surface area contributed by atoms with Gasteiger partial charge in [0.15, 0.2) is 0 Å². The van der Waals surface area contributed by atoms with Gasteiger partial charge < -0.3 is 15.5 Å². The van der Waals surface area contributed by atoms with E-state index < -0.39 is 6.10 Å². The molecule has 1 aromatic rings. The van der Waals surface area contributed by atoms with Crippen LogP contribution in [0.1, 0.15) is 82.8 Å². The highest BCUT2D eigenvalue weighted by molar-refractivity contribution is 5.76. The molecule has 1 aliphatic heterocycles. The number of aliphatic hydroxyl groups excluding tert-OH is 2. The largest absolute Gasteiger partial charge is 0.392 e. The molecule has 3 unspecified atom stereocenters. The number of carbonyl (C=O) groups is 1. The van der Waals surface area contributed by atoms with E-state index in [4.69, 9.17) is 0 Å². The summed E-state index contributed by atoms with van der Waals surface area (Å²) in [6, 6.07) is 9.14. The first-order valence-corrected chi connectivity index (χ1v) is 11.5. The van der Waals surface area contributed by atoms with Crippen LogP contribution in [0.25, 0.3) is 0 Å². The van der Waals surface area contributed by atoms with Gasteiger partial charge in [-0.3, -0.25) is 9.69 Å². The molecule has 1 heterocycles. The Kier molecular flexibility index (Phi) is 11.3. The van der Waals surface area contributed by atoms with E-state index in [1.54, 1.807) is 0 Å². The lowest BCUT2D eigenvalue weighted by molar-refractivity contribution is -0.123. The van der Waals surface area contributed by atoms with Gasteiger partial charge in [-0.25, -0.2) is 0 Å². The summed E-state index contributed by atoms with van der Waals surface area (Å²) >= 11 is 0. The van der Waals surface area contributed by atoms with Crippen molar-refractivity contribution in [3.05, 3.63) is 35.9 Å². The van der Waals surface area contributed by atoms with Crippen LogP contribution in [-0.2, 0) is 4.79 Å². The summed E-state index contributed by atoms with van der Waals surface area (Å²) in [5.74, 6) is 0.0103. The SMILES string of the molecule is CCCCCCCCCC(=O)NC(CN1CCCC(O)C1)C(O)c1ccccc1. The Labute approximate surface area is 176 Å². The van der Waals surface area contributed by atoms with Crippen LogP contribution >= 0.6 is 0 Å². The van der Waals surface area contributed by atoms with E-state index in [1.807, 2.05) is 30.3 Å². The number of unbranched alkanes of at least 4 members (excludes halogenated alkanes) is 6. The van der Waals surface area contributed by atoms with Gasteiger partial charge in [0, 0.05) is 19.5 Å². The van der Waals surface area contributed by atoms with Crippen LogP contribution in [-0.4, -0.2) is 52.8 Å². The monoisotopic (exact) mass is 404 g/mol. The zero-order valence-electron chi connectivity index (χ0n) is 18.1. The standard InChI is InChI=1S/C24H40N2O3/c1-2-3-4-5-6-7-11-16-23(28)25-22(19-26-17-12-15-21(27)18-26)24(29)20-13-9-8-10-14-20/h8-10,13-14,21-22,24,27,29H,2-7,11-12,15-19H2,1H3,(H,25,28). The third-order valence-corrected chi connectivity index (χ3v) is 5.81. The second kappa shape index (κ2) is 13.7. The average molecular weight is 405 g/mol. The summed E-state index contributed by atoms with van der Waals surface area (Å²) in [5, 5.41) is 23.9. The molecule has 1 amide bonds. The van der Waals surface area contributed by atoms with Crippen molar-refractivity contribution in [2.45, 2.75) is 89.4 Å². The van der Waals surface area contributed by atoms with Crippen molar-refractivity contribution >= 4 is 5.91 Å². The molecule has 1 saturated heterocycles. The van der Waals surface area contributed by atoms with Gasteiger partial charge in [-0.05, 0) is 31.4 Å². The Balaban J connectivity index is 1.84. The van der Waals surface area contributed by atoms with Crippen LogP contribution in [0.2, 0.25) is 0 Å². The number of likely N-dealkylation sites (tertiary alicyclic amines) is 1. The van der Waals surface area contributed by atoms with Gasteiger partial charge in [0.25, 0.3) is 0 Å². The third-order valence-electron chi connectivity index (χ3n) is 5.81. The highest BCUT2D eigenvalue weighted by Crippen LogP contribution is 2.20. The predicted molar refractivity (Wildman–Crippen MR) is 118 cm³/mol. The van der Waals surface area contributed by atoms with Gasteiger partial charge >= 0.3 is 0 Å². The summed E-state index contributed by atoms with van der Waals surface area (Å²) in [4.78, 5) is 14.7. The molecule has 1 aromatic carbocycles. The Morgan fingerprint density at radius 2 is 1.83 bits per heavy atom. The maximum atomic E-state index is 12.5. The van der Waals surface area contributed by atoms with Gasteiger partial charge in [-0.1, -0.05) is 75.8 Å². The molecule has 0 aromatic heterocycles. The minimum absolute atomic E-state index is 0.0103. The molecule has 0 aliphatic carbocycles. The van der Waals surface area contributed by atoms with Gasteiger partial charge in [0.05, 0.1) is 12.1 Å². The summed E-state index contributed by atoms with van der Waals surface area (Å²) < 4.78 is 0. The van der Waals surface area contributed by atoms with E-state index in [9.17, 15) is 15.0 Å². The molecule has 29 heavy (non-hydrogen) atoms. The molecular formula is C24H40N2O3.